The van der Waals surface area contributed by atoms with Crippen molar-refractivity contribution in [1.82, 2.24) is 4.98 Å². The van der Waals surface area contributed by atoms with E-state index in [2.05, 4.69) is 31.5 Å². The molecular weight excluding hydrogens is 310 g/mol. The molecule has 1 heterocycles. The molecule has 0 saturated heterocycles. The number of rotatable bonds is 5. The summed E-state index contributed by atoms with van der Waals surface area (Å²) in [5, 5.41) is 17.4. The van der Waals surface area contributed by atoms with Crippen LogP contribution in [0.5, 0.6) is 0 Å². The van der Waals surface area contributed by atoms with Crippen LogP contribution in [0.4, 0.5) is 11.5 Å². The van der Waals surface area contributed by atoms with Gasteiger partial charge in [0.05, 0.1) is 5.69 Å². The fourth-order valence-corrected chi connectivity index (χ4v) is 2.25. The maximum atomic E-state index is 4.42. The van der Waals surface area contributed by atoms with Gasteiger partial charge >= 0.3 is 0 Å². The van der Waals surface area contributed by atoms with Crippen molar-refractivity contribution in [2.24, 2.45) is 20.5 Å². The van der Waals surface area contributed by atoms with Crippen molar-refractivity contribution in [3.63, 3.8) is 0 Å². The van der Waals surface area contributed by atoms with Crippen molar-refractivity contribution in [1.29, 1.82) is 0 Å². The van der Waals surface area contributed by atoms with Gasteiger partial charge in [0.25, 0.3) is 0 Å². The fraction of sp³-hybridized carbons (Fsp3) is 0.150. The van der Waals surface area contributed by atoms with Crippen molar-refractivity contribution < 1.29 is 0 Å². The van der Waals surface area contributed by atoms with Crippen molar-refractivity contribution in [3.05, 3.63) is 89.6 Å². The summed E-state index contributed by atoms with van der Waals surface area (Å²) >= 11 is 0. The summed E-state index contributed by atoms with van der Waals surface area (Å²) in [5.74, 6) is 0.547. The standard InChI is InChI=1S/C20H19N5/c1-15-11-12-16(2)18(14-15)22-24-20(17-8-4-3-5-9-17)25-23-19-10-6-7-13-21-19/h3-14,20H,1-2H3. The van der Waals surface area contributed by atoms with Crippen molar-refractivity contribution in [3.8, 4) is 0 Å². The maximum absolute atomic E-state index is 4.42. The second-order valence-corrected chi connectivity index (χ2v) is 5.69. The average molecular weight is 329 g/mol. The number of hydrogen-bond donors (Lipinski definition) is 0. The van der Waals surface area contributed by atoms with Gasteiger partial charge in [0.15, 0.2) is 5.82 Å². The first-order chi connectivity index (χ1) is 12.2. The van der Waals surface area contributed by atoms with Crippen LogP contribution < -0.4 is 0 Å². The third kappa shape index (κ3) is 4.64. The number of benzene rings is 2. The molecule has 0 aliphatic rings. The van der Waals surface area contributed by atoms with Gasteiger partial charge in [0.1, 0.15) is 0 Å². The number of pyridine rings is 1. The van der Waals surface area contributed by atoms with Gasteiger partial charge < -0.3 is 0 Å². The number of aromatic nitrogens is 1. The molecule has 124 valence electrons. The van der Waals surface area contributed by atoms with E-state index in [4.69, 9.17) is 0 Å². The molecule has 0 fully saturated rings. The summed E-state index contributed by atoms with van der Waals surface area (Å²) in [6, 6.07) is 21.4. The molecule has 0 amide bonds. The molecule has 0 bridgehead atoms. The average Bonchev–Trinajstić information content (AvgIpc) is 2.66. The van der Waals surface area contributed by atoms with Crippen LogP contribution in [-0.4, -0.2) is 4.98 Å². The Morgan fingerprint density at radius 3 is 2.32 bits per heavy atom. The van der Waals surface area contributed by atoms with Crippen LogP contribution in [0.25, 0.3) is 0 Å². The van der Waals surface area contributed by atoms with Crippen molar-refractivity contribution >= 4 is 11.5 Å². The molecule has 5 nitrogen and oxygen atoms in total. The Bertz CT molecular complexity index is 873. The molecule has 0 saturated carbocycles. The molecule has 2 aromatic carbocycles. The predicted molar refractivity (Wildman–Crippen MR) is 98.4 cm³/mol. The molecular formula is C20H19N5. The van der Waals surface area contributed by atoms with E-state index in [0.29, 0.717) is 5.82 Å². The van der Waals surface area contributed by atoms with E-state index in [1.807, 2.05) is 68.4 Å². The first-order valence-corrected chi connectivity index (χ1v) is 8.07. The molecule has 5 heteroatoms. The molecule has 25 heavy (non-hydrogen) atoms. The van der Waals surface area contributed by atoms with E-state index in [0.717, 1.165) is 22.4 Å². The highest BCUT2D eigenvalue weighted by atomic mass is 15.3. The number of hydrogen-bond acceptors (Lipinski definition) is 5. The summed E-state index contributed by atoms with van der Waals surface area (Å²) in [5.41, 5.74) is 3.99. The van der Waals surface area contributed by atoms with E-state index in [9.17, 15) is 0 Å². The molecule has 0 spiro atoms. The van der Waals surface area contributed by atoms with Gasteiger partial charge in [0, 0.05) is 11.8 Å². The van der Waals surface area contributed by atoms with Crippen LogP contribution in [0.1, 0.15) is 22.9 Å². The first-order valence-electron chi connectivity index (χ1n) is 8.07. The monoisotopic (exact) mass is 329 g/mol. The zero-order valence-electron chi connectivity index (χ0n) is 14.2. The Labute approximate surface area is 147 Å². The predicted octanol–water partition coefficient (Wildman–Crippen LogP) is 6.26. The highest BCUT2D eigenvalue weighted by Gasteiger charge is 2.09. The highest BCUT2D eigenvalue weighted by Crippen LogP contribution is 2.26. The molecule has 1 aromatic heterocycles. The Morgan fingerprint density at radius 1 is 0.800 bits per heavy atom. The van der Waals surface area contributed by atoms with Gasteiger partial charge in [-0.1, -0.05) is 48.5 Å². The molecule has 0 radical (unpaired) electrons. The lowest BCUT2D eigenvalue weighted by Gasteiger charge is -2.06. The molecule has 3 aromatic rings. The zero-order valence-corrected chi connectivity index (χ0v) is 14.2. The molecule has 0 aliphatic heterocycles. The quantitative estimate of drug-likeness (QED) is 0.509. The zero-order chi connectivity index (χ0) is 17.5. The van der Waals surface area contributed by atoms with E-state index in [1.54, 1.807) is 12.3 Å². The van der Waals surface area contributed by atoms with Crippen LogP contribution in [0.3, 0.4) is 0 Å². The van der Waals surface area contributed by atoms with Crippen LogP contribution in [0, 0.1) is 13.8 Å². The Hall–Kier alpha value is -3.21. The summed E-state index contributed by atoms with van der Waals surface area (Å²) in [6.45, 7) is 4.05. The Balaban J connectivity index is 1.90. The smallest absolute Gasteiger partial charge is 0.206 e. The summed E-state index contributed by atoms with van der Waals surface area (Å²) in [7, 11) is 0. The second kappa shape index (κ2) is 8.06. The van der Waals surface area contributed by atoms with Gasteiger partial charge in [-0.3, -0.25) is 0 Å². The lowest BCUT2D eigenvalue weighted by molar-refractivity contribution is 0.687. The minimum atomic E-state index is -0.511. The second-order valence-electron chi connectivity index (χ2n) is 5.69. The van der Waals surface area contributed by atoms with E-state index in [1.165, 1.54) is 0 Å². The Morgan fingerprint density at radius 2 is 1.56 bits per heavy atom. The van der Waals surface area contributed by atoms with Gasteiger partial charge in [-0.25, -0.2) is 4.98 Å². The van der Waals surface area contributed by atoms with Gasteiger partial charge in [0.2, 0.25) is 6.17 Å². The number of nitrogens with zero attached hydrogens (tertiary/aromatic N) is 5. The largest absolute Gasteiger partial charge is 0.236 e. The maximum Gasteiger partial charge on any atom is 0.206 e. The number of aryl methyl sites for hydroxylation is 2. The van der Waals surface area contributed by atoms with Crippen LogP contribution >= 0.6 is 0 Å². The third-order valence-electron chi connectivity index (χ3n) is 3.66. The van der Waals surface area contributed by atoms with E-state index < -0.39 is 6.17 Å². The number of azo groups is 2. The molecule has 0 aliphatic carbocycles. The lowest BCUT2D eigenvalue weighted by atomic mass is 10.1. The molecule has 1 unspecified atom stereocenters. The molecule has 1 atom stereocenters. The van der Waals surface area contributed by atoms with Crippen LogP contribution in [0.2, 0.25) is 0 Å². The van der Waals surface area contributed by atoms with Crippen molar-refractivity contribution in [2.45, 2.75) is 20.0 Å². The van der Waals surface area contributed by atoms with E-state index >= 15 is 0 Å². The van der Waals surface area contributed by atoms with Crippen molar-refractivity contribution in [2.75, 3.05) is 0 Å². The van der Waals surface area contributed by atoms with Gasteiger partial charge in [-0.05, 0) is 43.2 Å². The fourth-order valence-electron chi connectivity index (χ4n) is 2.25. The van der Waals surface area contributed by atoms with Crippen LogP contribution in [-0.2, 0) is 0 Å². The van der Waals surface area contributed by atoms with Crippen LogP contribution in [0.15, 0.2) is 93.4 Å². The molecule has 0 N–H and O–H groups in total. The minimum Gasteiger partial charge on any atom is -0.236 e. The summed E-state index contributed by atoms with van der Waals surface area (Å²) < 4.78 is 0. The third-order valence-corrected chi connectivity index (χ3v) is 3.66. The highest BCUT2D eigenvalue weighted by molar-refractivity contribution is 5.46. The first kappa shape index (κ1) is 16.6. The summed E-state index contributed by atoms with van der Waals surface area (Å²) in [4.78, 5) is 4.16. The SMILES string of the molecule is Cc1ccc(C)c(N=NC(N=Nc2ccccn2)c2ccccc2)c1. The Kier molecular flexibility index (Phi) is 5.36. The molecule has 3 rings (SSSR count). The topological polar surface area (TPSA) is 62.3 Å². The normalized spacial score (nSPS) is 12.7. The minimum absolute atomic E-state index is 0.511. The summed E-state index contributed by atoms with van der Waals surface area (Å²) in [6.07, 6.45) is 1.17. The van der Waals surface area contributed by atoms with E-state index in [-0.39, 0.29) is 0 Å². The van der Waals surface area contributed by atoms with Gasteiger partial charge in [-0.2, -0.15) is 15.3 Å². The lowest BCUT2D eigenvalue weighted by Crippen LogP contribution is -1.90. The van der Waals surface area contributed by atoms with Gasteiger partial charge in [-0.15, -0.1) is 5.11 Å².